The summed E-state index contributed by atoms with van der Waals surface area (Å²) in [5.74, 6) is -0.137. The number of carbonyl (C=O) groups excluding carboxylic acids is 1. The predicted molar refractivity (Wildman–Crippen MR) is 54.9 cm³/mol. The van der Waals surface area contributed by atoms with Crippen molar-refractivity contribution in [3.8, 4) is 0 Å². The molecule has 0 aliphatic heterocycles. The molecular formula is C10H19NO3. The molecule has 1 atom stereocenters. The van der Waals surface area contributed by atoms with Gasteiger partial charge >= 0.3 is 0 Å². The summed E-state index contributed by atoms with van der Waals surface area (Å²) in [6, 6.07) is 0. The van der Waals surface area contributed by atoms with E-state index in [2.05, 4.69) is 5.32 Å². The first-order valence-corrected chi connectivity index (χ1v) is 4.73. The minimum Gasteiger partial charge on any atom is -0.389 e. The number of methoxy groups -OCH3 is 1. The Balaban J connectivity index is 3.79. The SMILES string of the molecule is CCC=C(C)C(=O)NCC(O)COC. The summed E-state index contributed by atoms with van der Waals surface area (Å²) in [4.78, 5) is 11.3. The van der Waals surface area contributed by atoms with Crippen LogP contribution in [0, 0.1) is 0 Å². The fraction of sp³-hybridized carbons (Fsp3) is 0.700. The zero-order valence-electron chi connectivity index (χ0n) is 9.04. The van der Waals surface area contributed by atoms with Crippen LogP contribution >= 0.6 is 0 Å². The molecule has 0 aromatic heterocycles. The van der Waals surface area contributed by atoms with Crippen LogP contribution in [0.4, 0.5) is 0 Å². The van der Waals surface area contributed by atoms with E-state index >= 15 is 0 Å². The normalized spacial score (nSPS) is 13.9. The van der Waals surface area contributed by atoms with E-state index in [1.807, 2.05) is 13.0 Å². The molecule has 0 bridgehead atoms. The summed E-state index contributed by atoms with van der Waals surface area (Å²) in [6.07, 6.45) is 2.04. The summed E-state index contributed by atoms with van der Waals surface area (Å²) in [5.41, 5.74) is 0.678. The van der Waals surface area contributed by atoms with Crippen LogP contribution in [0.3, 0.4) is 0 Å². The molecule has 4 heteroatoms. The van der Waals surface area contributed by atoms with Crippen LogP contribution in [0.1, 0.15) is 20.3 Å². The minimum atomic E-state index is -0.640. The van der Waals surface area contributed by atoms with Gasteiger partial charge in [0.15, 0.2) is 0 Å². The monoisotopic (exact) mass is 201 g/mol. The molecule has 0 radical (unpaired) electrons. The molecular weight excluding hydrogens is 182 g/mol. The van der Waals surface area contributed by atoms with Crippen molar-refractivity contribution in [2.75, 3.05) is 20.3 Å². The van der Waals surface area contributed by atoms with Crippen molar-refractivity contribution in [2.24, 2.45) is 0 Å². The average Bonchev–Trinajstić information content (AvgIpc) is 2.15. The van der Waals surface area contributed by atoms with Gasteiger partial charge in [0.05, 0.1) is 12.7 Å². The highest BCUT2D eigenvalue weighted by Gasteiger charge is 2.07. The Bertz CT molecular complexity index is 202. The number of nitrogens with one attached hydrogen (secondary N) is 1. The number of rotatable bonds is 6. The van der Waals surface area contributed by atoms with Gasteiger partial charge in [0, 0.05) is 19.2 Å². The zero-order valence-corrected chi connectivity index (χ0v) is 9.04. The van der Waals surface area contributed by atoms with Crippen molar-refractivity contribution >= 4 is 5.91 Å². The van der Waals surface area contributed by atoms with E-state index in [-0.39, 0.29) is 19.1 Å². The van der Waals surface area contributed by atoms with Crippen molar-refractivity contribution < 1.29 is 14.6 Å². The number of carbonyl (C=O) groups is 1. The van der Waals surface area contributed by atoms with Crippen molar-refractivity contribution in [1.29, 1.82) is 0 Å². The Kier molecular flexibility index (Phi) is 7.06. The van der Waals surface area contributed by atoms with Crippen LogP contribution in [-0.2, 0) is 9.53 Å². The van der Waals surface area contributed by atoms with Gasteiger partial charge in [-0.2, -0.15) is 0 Å². The summed E-state index contributed by atoms with van der Waals surface area (Å²) >= 11 is 0. The summed E-state index contributed by atoms with van der Waals surface area (Å²) in [5, 5.41) is 11.9. The molecule has 0 aliphatic carbocycles. The summed E-state index contributed by atoms with van der Waals surface area (Å²) in [6.45, 7) is 4.18. The average molecular weight is 201 g/mol. The first kappa shape index (κ1) is 13.1. The van der Waals surface area contributed by atoms with Gasteiger partial charge in [0.2, 0.25) is 5.91 Å². The van der Waals surface area contributed by atoms with Gasteiger partial charge in [-0.1, -0.05) is 13.0 Å². The lowest BCUT2D eigenvalue weighted by Gasteiger charge is -2.10. The molecule has 1 unspecified atom stereocenters. The molecule has 0 fully saturated rings. The van der Waals surface area contributed by atoms with Gasteiger partial charge in [-0.15, -0.1) is 0 Å². The molecule has 4 nitrogen and oxygen atoms in total. The molecule has 0 rings (SSSR count). The third kappa shape index (κ3) is 5.72. The van der Waals surface area contributed by atoms with E-state index in [4.69, 9.17) is 4.74 Å². The van der Waals surface area contributed by atoms with Crippen LogP contribution in [-0.4, -0.2) is 37.4 Å². The van der Waals surface area contributed by atoms with E-state index in [9.17, 15) is 9.90 Å². The smallest absolute Gasteiger partial charge is 0.246 e. The number of ether oxygens (including phenoxy) is 1. The summed E-state index contributed by atoms with van der Waals surface area (Å²) in [7, 11) is 1.51. The fourth-order valence-corrected chi connectivity index (χ4v) is 1.00. The second-order valence-electron chi connectivity index (χ2n) is 3.11. The molecule has 82 valence electrons. The maximum Gasteiger partial charge on any atom is 0.246 e. The highest BCUT2D eigenvalue weighted by Crippen LogP contribution is 1.94. The van der Waals surface area contributed by atoms with Crippen molar-refractivity contribution in [3.05, 3.63) is 11.6 Å². The maximum absolute atomic E-state index is 11.3. The standard InChI is InChI=1S/C10H19NO3/c1-4-5-8(2)10(13)11-6-9(12)7-14-3/h5,9,12H,4,6-7H2,1-3H3,(H,11,13). The molecule has 2 N–H and O–H groups in total. The van der Waals surface area contributed by atoms with Crippen LogP contribution in [0.2, 0.25) is 0 Å². The Morgan fingerprint density at radius 3 is 2.79 bits per heavy atom. The number of aliphatic hydroxyl groups is 1. The van der Waals surface area contributed by atoms with E-state index in [0.29, 0.717) is 5.57 Å². The molecule has 1 amide bonds. The Labute approximate surface area is 85.0 Å². The Hall–Kier alpha value is -0.870. The van der Waals surface area contributed by atoms with Gasteiger partial charge in [0.25, 0.3) is 0 Å². The van der Waals surface area contributed by atoms with Crippen molar-refractivity contribution in [2.45, 2.75) is 26.4 Å². The van der Waals surface area contributed by atoms with E-state index in [1.54, 1.807) is 6.92 Å². The third-order valence-corrected chi connectivity index (χ3v) is 1.73. The lowest BCUT2D eigenvalue weighted by molar-refractivity contribution is -0.118. The van der Waals surface area contributed by atoms with Gasteiger partial charge in [-0.25, -0.2) is 0 Å². The van der Waals surface area contributed by atoms with E-state index in [0.717, 1.165) is 6.42 Å². The molecule has 14 heavy (non-hydrogen) atoms. The first-order chi connectivity index (χ1) is 6.61. The van der Waals surface area contributed by atoms with E-state index < -0.39 is 6.10 Å². The molecule has 0 aromatic carbocycles. The van der Waals surface area contributed by atoms with E-state index in [1.165, 1.54) is 7.11 Å². The lowest BCUT2D eigenvalue weighted by atomic mass is 10.2. The largest absolute Gasteiger partial charge is 0.389 e. The van der Waals surface area contributed by atoms with Crippen molar-refractivity contribution in [3.63, 3.8) is 0 Å². The second-order valence-corrected chi connectivity index (χ2v) is 3.11. The highest BCUT2D eigenvalue weighted by atomic mass is 16.5. The maximum atomic E-state index is 11.3. The third-order valence-electron chi connectivity index (χ3n) is 1.73. The van der Waals surface area contributed by atoms with Gasteiger partial charge in [0.1, 0.15) is 0 Å². The van der Waals surface area contributed by atoms with Crippen molar-refractivity contribution in [1.82, 2.24) is 5.32 Å². The second kappa shape index (κ2) is 7.53. The van der Waals surface area contributed by atoms with Crippen LogP contribution in [0.5, 0.6) is 0 Å². The van der Waals surface area contributed by atoms with Gasteiger partial charge in [-0.3, -0.25) is 4.79 Å². The number of aliphatic hydroxyl groups excluding tert-OH is 1. The fourth-order valence-electron chi connectivity index (χ4n) is 1.00. The molecule has 0 heterocycles. The molecule has 0 aromatic rings. The van der Waals surface area contributed by atoms with Crippen LogP contribution in [0.25, 0.3) is 0 Å². The number of hydrogen-bond acceptors (Lipinski definition) is 3. The van der Waals surface area contributed by atoms with Crippen LogP contribution in [0.15, 0.2) is 11.6 Å². The Morgan fingerprint density at radius 2 is 2.29 bits per heavy atom. The summed E-state index contributed by atoms with van der Waals surface area (Å²) < 4.78 is 4.73. The quantitative estimate of drug-likeness (QED) is 0.614. The van der Waals surface area contributed by atoms with Gasteiger partial charge in [-0.05, 0) is 13.3 Å². The van der Waals surface area contributed by atoms with Crippen LogP contribution < -0.4 is 5.32 Å². The molecule has 0 saturated heterocycles. The topological polar surface area (TPSA) is 58.6 Å². The van der Waals surface area contributed by atoms with Gasteiger partial charge < -0.3 is 15.2 Å². The number of allylic oxidation sites excluding steroid dienone is 1. The number of amides is 1. The lowest BCUT2D eigenvalue weighted by Crippen LogP contribution is -2.34. The predicted octanol–water partition coefficient (Wildman–Crippen LogP) is 0.466. The zero-order chi connectivity index (χ0) is 11.0. The molecule has 0 saturated carbocycles. The highest BCUT2D eigenvalue weighted by molar-refractivity contribution is 5.92. The molecule has 0 aliphatic rings. The first-order valence-electron chi connectivity index (χ1n) is 4.73. The minimum absolute atomic E-state index is 0.137. The number of hydrogen-bond donors (Lipinski definition) is 2. The molecule has 0 spiro atoms. The Morgan fingerprint density at radius 1 is 1.64 bits per heavy atom.